The number of benzene rings is 1. The molecule has 0 unspecified atom stereocenters. The Balaban J connectivity index is 3.25. The van der Waals surface area contributed by atoms with Gasteiger partial charge in [-0.05, 0) is 31.0 Å². The van der Waals surface area contributed by atoms with Gasteiger partial charge in [0.1, 0.15) is 5.82 Å². The van der Waals surface area contributed by atoms with E-state index >= 15 is 0 Å². The zero-order valence-corrected chi connectivity index (χ0v) is 13.1. The number of hydrogen-bond acceptors (Lipinski definition) is 4. The van der Waals surface area contributed by atoms with Crippen LogP contribution in [0.25, 0.3) is 0 Å². The molecular formula is C13H20FN3O3S. The molecule has 1 aromatic rings. The second-order valence-electron chi connectivity index (χ2n) is 4.66. The Morgan fingerprint density at radius 2 is 2.05 bits per heavy atom. The molecule has 118 valence electrons. The highest BCUT2D eigenvalue weighted by Crippen LogP contribution is 2.23. The largest absolute Gasteiger partial charge is 0.396 e. The summed E-state index contributed by atoms with van der Waals surface area (Å²) in [6.07, 6.45) is 0.548. The van der Waals surface area contributed by atoms with Crippen molar-refractivity contribution >= 4 is 21.6 Å². The van der Waals surface area contributed by atoms with Crippen molar-refractivity contribution in [2.45, 2.75) is 25.2 Å². The van der Waals surface area contributed by atoms with E-state index in [0.29, 0.717) is 6.42 Å². The van der Waals surface area contributed by atoms with Crippen molar-refractivity contribution < 1.29 is 17.6 Å². The summed E-state index contributed by atoms with van der Waals surface area (Å²) >= 11 is 0. The number of halogens is 1. The van der Waals surface area contributed by atoms with Gasteiger partial charge in [0, 0.05) is 13.6 Å². The van der Waals surface area contributed by atoms with Crippen LogP contribution in [0.2, 0.25) is 0 Å². The fourth-order valence-corrected chi connectivity index (χ4v) is 3.44. The first-order valence-corrected chi connectivity index (χ1v) is 7.94. The van der Waals surface area contributed by atoms with E-state index in [9.17, 15) is 17.6 Å². The molecule has 0 heterocycles. The number of rotatable bonds is 6. The molecule has 0 aliphatic rings. The van der Waals surface area contributed by atoms with Gasteiger partial charge >= 0.3 is 0 Å². The summed E-state index contributed by atoms with van der Waals surface area (Å²) in [7, 11) is -2.47. The molecule has 1 aromatic carbocycles. The van der Waals surface area contributed by atoms with Crippen LogP contribution < -0.4 is 11.1 Å². The molecular weight excluding hydrogens is 297 g/mol. The minimum Gasteiger partial charge on any atom is -0.396 e. The highest BCUT2D eigenvalue weighted by Gasteiger charge is 2.26. The smallest absolute Gasteiger partial charge is 0.243 e. The lowest BCUT2D eigenvalue weighted by Crippen LogP contribution is -2.40. The molecule has 0 fully saturated rings. The molecule has 0 saturated heterocycles. The van der Waals surface area contributed by atoms with Crippen LogP contribution >= 0.6 is 0 Å². The maximum Gasteiger partial charge on any atom is 0.243 e. The molecule has 0 radical (unpaired) electrons. The average Bonchev–Trinajstić information content (AvgIpc) is 2.43. The number of aryl methyl sites for hydroxylation is 1. The molecule has 3 N–H and O–H groups in total. The number of nitrogens with zero attached hydrogens (tertiary/aromatic N) is 1. The Bertz CT molecular complexity index is 609. The van der Waals surface area contributed by atoms with Gasteiger partial charge in [-0.25, -0.2) is 12.8 Å². The molecule has 0 spiro atoms. The van der Waals surface area contributed by atoms with Crippen molar-refractivity contribution in [1.82, 2.24) is 9.62 Å². The molecule has 21 heavy (non-hydrogen) atoms. The summed E-state index contributed by atoms with van der Waals surface area (Å²) in [6, 6.07) is 2.29. The number of nitrogens with one attached hydrogen (secondary N) is 1. The molecule has 0 aliphatic carbocycles. The Hall–Kier alpha value is -1.67. The van der Waals surface area contributed by atoms with Gasteiger partial charge in [0.2, 0.25) is 15.9 Å². The van der Waals surface area contributed by atoms with E-state index in [2.05, 4.69) is 5.32 Å². The molecule has 1 amide bonds. The first-order valence-electron chi connectivity index (χ1n) is 6.50. The zero-order chi connectivity index (χ0) is 16.2. The summed E-state index contributed by atoms with van der Waals surface area (Å²) in [4.78, 5) is 11.3. The summed E-state index contributed by atoms with van der Waals surface area (Å²) in [5, 5.41) is 2.38. The fourth-order valence-electron chi connectivity index (χ4n) is 1.83. The summed E-state index contributed by atoms with van der Waals surface area (Å²) in [6.45, 7) is 3.14. The summed E-state index contributed by atoms with van der Waals surface area (Å²) in [5.41, 5.74) is 5.39. The number of nitrogen functional groups attached to an aromatic ring is 1. The lowest BCUT2D eigenvalue weighted by Gasteiger charge is -2.21. The van der Waals surface area contributed by atoms with Crippen LogP contribution in [0.1, 0.15) is 18.9 Å². The molecule has 8 heteroatoms. The van der Waals surface area contributed by atoms with Gasteiger partial charge in [-0.1, -0.05) is 6.92 Å². The fraction of sp³-hybridized carbons (Fsp3) is 0.462. The second kappa shape index (κ2) is 6.86. The lowest BCUT2D eigenvalue weighted by atomic mass is 10.2. The first-order chi connectivity index (χ1) is 9.73. The van der Waals surface area contributed by atoms with Crippen molar-refractivity contribution in [2.24, 2.45) is 0 Å². The quantitative estimate of drug-likeness (QED) is 0.761. The van der Waals surface area contributed by atoms with Crippen LogP contribution in [0.3, 0.4) is 0 Å². The standard InChI is InChI=1S/C13H20FN3O3S/c1-4-5-17(8-12(18)16-3)21(19,20)10-6-9(2)13(14)11(15)7-10/h6-7H,4-5,8,15H2,1-3H3,(H,16,18). The average molecular weight is 317 g/mol. The number of likely N-dealkylation sites (N-methyl/N-ethyl adjacent to an activating group) is 1. The predicted octanol–water partition coefficient (Wildman–Crippen LogP) is 0.863. The Kier molecular flexibility index (Phi) is 5.68. The van der Waals surface area contributed by atoms with E-state index in [0.717, 1.165) is 10.4 Å². The Morgan fingerprint density at radius 3 is 2.52 bits per heavy atom. The lowest BCUT2D eigenvalue weighted by molar-refractivity contribution is -0.120. The highest BCUT2D eigenvalue weighted by atomic mass is 32.2. The molecule has 0 atom stereocenters. The van der Waals surface area contributed by atoms with Gasteiger partial charge in [0.15, 0.2) is 0 Å². The third-order valence-corrected chi connectivity index (χ3v) is 4.79. The molecule has 6 nitrogen and oxygen atoms in total. The normalized spacial score (nSPS) is 11.7. The number of anilines is 1. The number of carbonyl (C=O) groups excluding carboxylic acids is 1. The van der Waals surface area contributed by atoms with Gasteiger partial charge in [-0.2, -0.15) is 4.31 Å². The SMILES string of the molecule is CCCN(CC(=O)NC)S(=O)(=O)c1cc(C)c(F)c(N)c1. The monoisotopic (exact) mass is 317 g/mol. The van der Waals surface area contributed by atoms with E-state index in [-0.39, 0.29) is 29.2 Å². The van der Waals surface area contributed by atoms with E-state index < -0.39 is 21.7 Å². The Labute approximate surface area is 124 Å². The minimum absolute atomic E-state index is 0.115. The third-order valence-electron chi connectivity index (χ3n) is 2.97. The first kappa shape index (κ1) is 17.4. The number of sulfonamides is 1. The van der Waals surface area contributed by atoms with E-state index in [4.69, 9.17) is 5.73 Å². The second-order valence-corrected chi connectivity index (χ2v) is 6.59. The van der Waals surface area contributed by atoms with Crippen LogP contribution in [-0.4, -0.2) is 38.8 Å². The number of hydrogen-bond donors (Lipinski definition) is 2. The molecule has 1 rings (SSSR count). The summed E-state index contributed by atoms with van der Waals surface area (Å²) < 4.78 is 39.7. The molecule has 0 bridgehead atoms. The number of carbonyl (C=O) groups is 1. The predicted molar refractivity (Wildman–Crippen MR) is 78.7 cm³/mol. The van der Waals surface area contributed by atoms with E-state index in [1.54, 1.807) is 6.92 Å². The van der Waals surface area contributed by atoms with Gasteiger partial charge in [-0.3, -0.25) is 4.79 Å². The maximum absolute atomic E-state index is 13.5. The van der Waals surface area contributed by atoms with Crippen LogP contribution in [-0.2, 0) is 14.8 Å². The topological polar surface area (TPSA) is 92.5 Å². The molecule has 0 aliphatic heterocycles. The number of amides is 1. The van der Waals surface area contributed by atoms with Crippen molar-refractivity contribution in [3.05, 3.63) is 23.5 Å². The third kappa shape index (κ3) is 3.92. The van der Waals surface area contributed by atoms with Crippen LogP contribution in [0.15, 0.2) is 17.0 Å². The Morgan fingerprint density at radius 1 is 1.43 bits per heavy atom. The van der Waals surface area contributed by atoms with Crippen molar-refractivity contribution in [2.75, 3.05) is 25.9 Å². The molecule has 0 saturated carbocycles. The number of nitrogens with two attached hydrogens (primary N) is 1. The van der Waals surface area contributed by atoms with E-state index in [1.165, 1.54) is 20.0 Å². The van der Waals surface area contributed by atoms with Crippen LogP contribution in [0.4, 0.5) is 10.1 Å². The van der Waals surface area contributed by atoms with Crippen molar-refractivity contribution in [1.29, 1.82) is 0 Å². The van der Waals surface area contributed by atoms with E-state index in [1.807, 2.05) is 0 Å². The minimum atomic E-state index is -3.90. The van der Waals surface area contributed by atoms with Gasteiger partial charge in [0.25, 0.3) is 0 Å². The van der Waals surface area contributed by atoms with Crippen LogP contribution in [0.5, 0.6) is 0 Å². The summed E-state index contributed by atoms with van der Waals surface area (Å²) in [5.74, 6) is -1.05. The van der Waals surface area contributed by atoms with Gasteiger partial charge in [-0.15, -0.1) is 0 Å². The zero-order valence-electron chi connectivity index (χ0n) is 12.3. The van der Waals surface area contributed by atoms with Crippen molar-refractivity contribution in [3.63, 3.8) is 0 Å². The van der Waals surface area contributed by atoms with Gasteiger partial charge < -0.3 is 11.1 Å². The van der Waals surface area contributed by atoms with Crippen LogP contribution in [0, 0.1) is 12.7 Å². The molecule has 0 aromatic heterocycles. The van der Waals surface area contributed by atoms with Gasteiger partial charge in [0.05, 0.1) is 17.1 Å². The maximum atomic E-state index is 13.5. The highest BCUT2D eigenvalue weighted by molar-refractivity contribution is 7.89. The van der Waals surface area contributed by atoms with Crippen molar-refractivity contribution in [3.8, 4) is 0 Å².